The smallest absolute Gasteiger partial charge is 0.251 e. The lowest BCUT2D eigenvalue weighted by molar-refractivity contribution is 0.0948. The number of aryl methyl sites for hydroxylation is 1. The minimum absolute atomic E-state index is 0.0588. The number of H-pyrrole nitrogens is 1. The van der Waals surface area contributed by atoms with E-state index in [-0.39, 0.29) is 23.3 Å². The van der Waals surface area contributed by atoms with E-state index in [2.05, 4.69) is 17.2 Å². The maximum Gasteiger partial charge on any atom is 0.251 e. The quantitative estimate of drug-likeness (QED) is 0.893. The van der Waals surface area contributed by atoms with Crippen LogP contribution in [0.2, 0.25) is 0 Å². The van der Waals surface area contributed by atoms with Gasteiger partial charge in [0, 0.05) is 34.6 Å². The van der Waals surface area contributed by atoms with E-state index in [1.54, 1.807) is 0 Å². The Balaban J connectivity index is 1.52. The highest BCUT2D eigenvalue weighted by atomic mass is 32.2. The Morgan fingerprint density at radius 2 is 2.12 bits per heavy atom. The van der Waals surface area contributed by atoms with Gasteiger partial charge in [0.2, 0.25) is 0 Å². The Bertz CT molecular complexity index is 902. The van der Waals surface area contributed by atoms with Crippen LogP contribution < -0.4 is 5.32 Å². The molecule has 4 rings (SSSR count). The van der Waals surface area contributed by atoms with E-state index in [0.717, 1.165) is 23.7 Å². The van der Waals surface area contributed by atoms with E-state index in [1.165, 1.54) is 17.7 Å². The molecule has 128 valence electrons. The van der Waals surface area contributed by atoms with Gasteiger partial charge in [0.25, 0.3) is 5.91 Å². The fourth-order valence-electron chi connectivity index (χ4n) is 3.86. The fourth-order valence-corrected chi connectivity index (χ4v) is 5.43. The lowest BCUT2D eigenvalue weighted by atomic mass is 9.87. The van der Waals surface area contributed by atoms with Crippen LogP contribution in [0.25, 0.3) is 10.9 Å². The van der Waals surface area contributed by atoms with E-state index in [0.29, 0.717) is 18.0 Å². The van der Waals surface area contributed by atoms with Gasteiger partial charge in [-0.05, 0) is 48.9 Å². The molecule has 24 heavy (non-hydrogen) atoms. The molecule has 1 amide bonds. The van der Waals surface area contributed by atoms with E-state index in [4.69, 9.17) is 0 Å². The number of rotatable bonds is 3. The largest absolute Gasteiger partial charge is 0.358 e. The summed E-state index contributed by atoms with van der Waals surface area (Å²) in [5, 5.41) is 4.02. The third-order valence-electron chi connectivity index (χ3n) is 5.23. The lowest BCUT2D eigenvalue weighted by Gasteiger charge is -2.25. The second-order valence-corrected chi connectivity index (χ2v) is 9.50. The molecule has 6 heteroatoms. The first kappa shape index (κ1) is 15.7. The van der Waals surface area contributed by atoms with Crippen molar-refractivity contribution in [3.05, 3.63) is 35.0 Å². The van der Waals surface area contributed by atoms with Crippen molar-refractivity contribution in [3.8, 4) is 0 Å². The number of carbonyl (C=O) groups is 1. The topological polar surface area (TPSA) is 79.0 Å². The van der Waals surface area contributed by atoms with Crippen molar-refractivity contribution in [2.24, 2.45) is 11.8 Å². The first-order chi connectivity index (χ1) is 11.4. The van der Waals surface area contributed by atoms with Crippen LogP contribution in [0.5, 0.6) is 0 Å². The van der Waals surface area contributed by atoms with Crippen molar-refractivity contribution in [2.75, 3.05) is 18.1 Å². The predicted molar refractivity (Wildman–Crippen MR) is 94.0 cm³/mol. The molecule has 1 atom stereocenters. The number of nitrogens with one attached hydrogen (secondary N) is 2. The molecule has 0 bridgehead atoms. The van der Waals surface area contributed by atoms with Crippen LogP contribution in [0.15, 0.2) is 18.2 Å². The van der Waals surface area contributed by atoms with Gasteiger partial charge in [-0.2, -0.15) is 0 Å². The molecule has 1 aliphatic heterocycles. The monoisotopic (exact) mass is 346 g/mol. The number of sulfone groups is 1. The molecule has 1 saturated heterocycles. The molecule has 5 nitrogen and oxygen atoms in total. The van der Waals surface area contributed by atoms with Gasteiger partial charge in [0.15, 0.2) is 9.84 Å². The molecule has 0 spiro atoms. The van der Waals surface area contributed by atoms with Crippen LogP contribution in [-0.4, -0.2) is 37.4 Å². The van der Waals surface area contributed by atoms with E-state index >= 15 is 0 Å². The molecule has 1 aromatic heterocycles. The van der Waals surface area contributed by atoms with Crippen LogP contribution in [0, 0.1) is 11.8 Å². The summed E-state index contributed by atoms with van der Waals surface area (Å²) in [7, 11) is -2.84. The fraction of sp³-hybridized carbons (Fsp3) is 0.500. The molecule has 1 aromatic carbocycles. The molecule has 2 N–H and O–H groups in total. The summed E-state index contributed by atoms with van der Waals surface area (Å²) in [5.74, 6) is 0.989. The minimum Gasteiger partial charge on any atom is -0.358 e. The van der Waals surface area contributed by atoms with Gasteiger partial charge in [0.05, 0.1) is 11.5 Å². The summed E-state index contributed by atoms with van der Waals surface area (Å²) in [5.41, 5.74) is 4.39. The SMILES string of the molecule is CC1CCc2[nH]c3ccc(C(=O)NCC4CS(=O)(=O)C4)cc3c2C1. The Kier molecular flexibility index (Phi) is 3.67. The van der Waals surface area contributed by atoms with Crippen molar-refractivity contribution in [1.29, 1.82) is 0 Å². The van der Waals surface area contributed by atoms with Crippen LogP contribution in [-0.2, 0) is 22.7 Å². The predicted octanol–water partition coefficient (Wildman–Crippen LogP) is 2.07. The van der Waals surface area contributed by atoms with Gasteiger partial charge in [-0.15, -0.1) is 0 Å². The zero-order chi connectivity index (χ0) is 16.9. The number of benzene rings is 1. The standard InChI is InChI=1S/C18H22N2O3S/c1-11-2-4-16-14(6-11)15-7-13(3-5-17(15)20-16)18(21)19-8-12-9-24(22,23)10-12/h3,5,7,11-12,20H,2,4,6,8-10H2,1H3,(H,19,21). The maximum atomic E-state index is 12.4. The molecule has 0 saturated carbocycles. The molecule has 0 radical (unpaired) electrons. The summed E-state index contributed by atoms with van der Waals surface area (Å²) in [6, 6.07) is 5.77. The molecular weight excluding hydrogens is 324 g/mol. The molecule has 2 aromatic rings. The molecular formula is C18H22N2O3S. The maximum absolute atomic E-state index is 12.4. The average Bonchev–Trinajstić information content (AvgIpc) is 2.87. The highest BCUT2D eigenvalue weighted by molar-refractivity contribution is 7.92. The van der Waals surface area contributed by atoms with Gasteiger partial charge in [-0.1, -0.05) is 6.92 Å². The van der Waals surface area contributed by atoms with Crippen molar-refractivity contribution >= 4 is 26.6 Å². The summed E-state index contributed by atoms with van der Waals surface area (Å²) >= 11 is 0. The second-order valence-electron chi connectivity index (χ2n) is 7.34. The van der Waals surface area contributed by atoms with Crippen LogP contribution in [0.4, 0.5) is 0 Å². The summed E-state index contributed by atoms with van der Waals surface area (Å²) in [4.78, 5) is 15.9. The number of aromatic amines is 1. The lowest BCUT2D eigenvalue weighted by Crippen LogP contribution is -2.44. The summed E-state index contributed by atoms with van der Waals surface area (Å²) in [6.07, 6.45) is 3.33. The van der Waals surface area contributed by atoms with Crippen molar-refractivity contribution in [2.45, 2.75) is 26.2 Å². The third kappa shape index (κ3) is 2.83. The number of aromatic nitrogens is 1. The van der Waals surface area contributed by atoms with Gasteiger partial charge < -0.3 is 10.3 Å². The minimum atomic E-state index is -2.84. The van der Waals surface area contributed by atoms with Crippen molar-refractivity contribution in [3.63, 3.8) is 0 Å². The number of hydrogen-bond acceptors (Lipinski definition) is 3. The number of carbonyl (C=O) groups excluding carboxylic acids is 1. The van der Waals surface area contributed by atoms with E-state index in [1.807, 2.05) is 18.2 Å². The van der Waals surface area contributed by atoms with Crippen LogP contribution in [0.1, 0.15) is 35.0 Å². The summed E-state index contributed by atoms with van der Waals surface area (Å²) in [6.45, 7) is 2.70. The number of fused-ring (bicyclic) bond motifs is 3. The average molecular weight is 346 g/mol. The van der Waals surface area contributed by atoms with Crippen LogP contribution >= 0.6 is 0 Å². The van der Waals surface area contributed by atoms with E-state index in [9.17, 15) is 13.2 Å². The molecule has 2 heterocycles. The first-order valence-electron chi connectivity index (χ1n) is 8.53. The molecule has 1 unspecified atom stereocenters. The van der Waals surface area contributed by atoms with E-state index < -0.39 is 9.84 Å². The zero-order valence-electron chi connectivity index (χ0n) is 13.8. The van der Waals surface area contributed by atoms with Gasteiger partial charge >= 0.3 is 0 Å². The second kappa shape index (κ2) is 5.62. The number of amides is 1. The molecule has 1 aliphatic carbocycles. The Labute approximate surface area is 141 Å². The Morgan fingerprint density at radius 3 is 2.88 bits per heavy atom. The summed E-state index contributed by atoms with van der Waals surface area (Å²) < 4.78 is 22.4. The Morgan fingerprint density at radius 1 is 1.33 bits per heavy atom. The highest BCUT2D eigenvalue weighted by Gasteiger charge is 2.33. The first-order valence-corrected chi connectivity index (χ1v) is 10.4. The van der Waals surface area contributed by atoms with Gasteiger partial charge in [0.1, 0.15) is 0 Å². The van der Waals surface area contributed by atoms with Gasteiger partial charge in [-0.3, -0.25) is 4.79 Å². The van der Waals surface area contributed by atoms with Gasteiger partial charge in [-0.25, -0.2) is 8.42 Å². The molecule has 1 fully saturated rings. The Hall–Kier alpha value is -1.82. The normalized spacial score (nSPS) is 22.8. The molecule has 2 aliphatic rings. The van der Waals surface area contributed by atoms with Crippen molar-refractivity contribution in [1.82, 2.24) is 10.3 Å². The highest BCUT2D eigenvalue weighted by Crippen LogP contribution is 2.32. The third-order valence-corrected chi connectivity index (χ3v) is 7.19. The van der Waals surface area contributed by atoms with Crippen LogP contribution in [0.3, 0.4) is 0 Å². The van der Waals surface area contributed by atoms with Crippen molar-refractivity contribution < 1.29 is 13.2 Å². The zero-order valence-corrected chi connectivity index (χ0v) is 14.6. The number of hydrogen-bond donors (Lipinski definition) is 2.